The van der Waals surface area contributed by atoms with Crippen LogP contribution in [0.15, 0.2) is 78.9 Å². The summed E-state index contributed by atoms with van der Waals surface area (Å²) in [7, 11) is 0. The number of esters is 1. The molecule has 0 aliphatic heterocycles. The molecule has 1 N–H and O–H groups in total. The highest BCUT2D eigenvalue weighted by Gasteiger charge is 2.19. The molecule has 0 radical (unpaired) electrons. The Labute approximate surface area is 166 Å². The number of carbonyl (C=O) groups is 2. The summed E-state index contributed by atoms with van der Waals surface area (Å²) in [4.78, 5) is 24.5. The third-order valence-corrected chi connectivity index (χ3v) is 4.37. The first kappa shape index (κ1) is 19.6. The van der Waals surface area contributed by atoms with Gasteiger partial charge in [-0.25, -0.2) is 9.18 Å². The third-order valence-electron chi connectivity index (χ3n) is 4.06. The largest absolute Gasteiger partial charge is 0.452 e. The predicted molar refractivity (Wildman–Crippen MR) is 105 cm³/mol. The van der Waals surface area contributed by atoms with Crippen molar-refractivity contribution in [2.45, 2.75) is 6.04 Å². The second kappa shape index (κ2) is 9.15. The molecule has 28 heavy (non-hydrogen) atoms. The lowest BCUT2D eigenvalue weighted by atomic mass is 9.99. The molecule has 0 unspecified atom stereocenters. The summed E-state index contributed by atoms with van der Waals surface area (Å²) in [6.45, 7) is -0.483. The fourth-order valence-corrected chi connectivity index (χ4v) is 2.96. The summed E-state index contributed by atoms with van der Waals surface area (Å²) in [6.07, 6.45) is 0. The first-order chi connectivity index (χ1) is 13.5. The van der Waals surface area contributed by atoms with Gasteiger partial charge in [-0.2, -0.15) is 0 Å². The zero-order chi connectivity index (χ0) is 19.9. The zero-order valence-corrected chi connectivity index (χ0v) is 15.5. The summed E-state index contributed by atoms with van der Waals surface area (Å²) in [5.74, 6) is -1.83. The standard InChI is InChI=1S/C22H17ClFNO3/c23-19-13-17(24)11-12-18(19)22(27)28-14-20(26)25-21(15-7-3-1-4-8-15)16-9-5-2-6-10-16/h1-13,21H,14H2,(H,25,26). The Balaban J connectivity index is 1.68. The van der Waals surface area contributed by atoms with Crippen molar-refractivity contribution >= 4 is 23.5 Å². The van der Waals surface area contributed by atoms with Gasteiger partial charge in [0, 0.05) is 0 Å². The minimum atomic E-state index is -0.795. The molecular weight excluding hydrogens is 381 g/mol. The average Bonchev–Trinajstić information content (AvgIpc) is 2.71. The molecule has 0 atom stereocenters. The maximum atomic E-state index is 13.1. The van der Waals surface area contributed by atoms with Crippen LogP contribution in [0, 0.1) is 5.82 Å². The van der Waals surface area contributed by atoms with Crippen LogP contribution in [0.4, 0.5) is 4.39 Å². The second-order valence-electron chi connectivity index (χ2n) is 6.02. The number of benzene rings is 3. The van der Waals surface area contributed by atoms with Crippen LogP contribution in [0.3, 0.4) is 0 Å². The number of hydrogen-bond donors (Lipinski definition) is 1. The van der Waals surface area contributed by atoms with Gasteiger partial charge in [-0.3, -0.25) is 4.79 Å². The van der Waals surface area contributed by atoms with Gasteiger partial charge in [0.05, 0.1) is 16.6 Å². The molecule has 0 heterocycles. The number of hydrogen-bond acceptors (Lipinski definition) is 3. The molecular formula is C22H17ClFNO3. The van der Waals surface area contributed by atoms with E-state index < -0.39 is 24.3 Å². The SMILES string of the molecule is O=C(COC(=O)c1ccc(F)cc1Cl)NC(c1ccccc1)c1ccccc1. The first-order valence-corrected chi connectivity index (χ1v) is 8.94. The fourth-order valence-electron chi connectivity index (χ4n) is 2.72. The van der Waals surface area contributed by atoms with Crippen LogP contribution in [0.1, 0.15) is 27.5 Å². The Morgan fingerprint density at radius 3 is 2.04 bits per heavy atom. The number of rotatable bonds is 6. The van der Waals surface area contributed by atoms with Crippen LogP contribution >= 0.6 is 11.6 Å². The van der Waals surface area contributed by atoms with E-state index in [4.69, 9.17) is 16.3 Å². The van der Waals surface area contributed by atoms with Gasteiger partial charge in [-0.05, 0) is 29.3 Å². The zero-order valence-electron chi connectivity index (χ0n) is 14.8. The smallest absolute Gasteiger partial charge is 0.340 e. The lowest BCUT2D eigenvalue weighted by Gasteiger charge is -2.20. The van der Waals surface area contributed by atoms with Crippen molar-refractivity contribution in [3.63, 3.8) is 0 Å². The van der Waals surface area contributed by atoms with Crippen molar-refractivity contribution in [3.05, 3.63) is 106 Å². The van der Waals surface area contributed by atoms with Crippen LogP contribution in [-0.4, -0.2) is 18.5 Å². The Hall–Kier alpha value is -3.18. The van der Waals surface area contributed by atoms with Crippen LogP contribution in [-0.2, 0) is 9.53 Å². The van der Waals surface area contributed by atoms with Gasteiger partial charge in [-0.15, -0.1) is 0 Å². The van der Waals surface area contributed by atoms with E-state index >= 15 is 0 Å². The Bertz CT molecular complexity index is 925. The molecule has 0 saturated heterocycles. The highest BCUT2D eigenvalue weighted by Crippen LogP contribution is 2.22. The number of amides is 1. The molecule has 3 aromatic carbocycles. The van der Waals surface area contributed by atoms with E-state index in [1.807, 2.05) is 60.7 Å². The van der Waals surface area contributed by atoms with Crippen LogP contribution in [0.2, 0.25) is 5.02 Å². The van der Waals surface area contributed by atoms with Crippen molar-refractivity contribution in [2.75, 3.05) is 6.61 Å². The van der Waals surface area contributed by atoms with Gasteiger partial charge >= 0.3 is 5.97 Å². The van der Waals surface area contributed by atoms with Crippen molar-refractivity contribution in [2.24, 2.45) is 0 Å². The molecule has 6 heteroatoms. The van der Waals surface area contributed by atoms with Gasteiger partial charge in [0.25, 0.3) is 5.91 Å². The van der Waals surface area contributed by atoms with E-state index in [2.05, 4.69) is 5.32 Å². The fraction of sp³-hybridized carbons (Fsp3) is 0.0909. The molecule has 0 bridgehead atoms. The molecule has 4 nitrogen and oxygen atoms in total. The molecule has 0 aliphatic carbocycles. The summed E-state index contributed by atoms with van der Waals surface area (Å²) in [5, 5.41) is 2.80. The summed E-state index contributed by atoms with van der Waals surface area (Å²) in [6, 6.07) is 21.9. The maximum absolute atomic E-state index is 13.1. The van der Waals surface area contributed by atoms with Crippen molar-refractivity contribution in [1.29, 1.82) is 0 Å². The van der Waals surface area contributed by atoms with Gasteiger partial charge in [0.1, 0.15) is 5.82 Å². The highest BCUT2D eigenvalue weighted by atomic mass is 35.5. The second-order valence-corrected chi connectivity index (χ2v) is 6.43. The summed E-state index contributed by atoms with van der Waals surface area (Å²) < 4.78 is 18.1. The molecule has 0 aliphatic rings. The number of ether oxygens (including phenoxy) is 1. The van der Waals surface area contributed by atoms with E-state index in [9.17, 15) is 14.0 Å². The summed E-state index contributed by atoms with van der Waals surface area (Å²) >= 11 is 5.84. The number of halogens is 2. The minimum Gasteiger partial charge on any atom is -0.452 e. The maximum Gasteiger partial charge on any atom is 0.340 e. The molecule has 3 rings (SSSR count). The average molecular weight is 398 g/mol. The quantitative estimate of drug-likeness (QED) is 0.621. The molecule has 3 aromatic rings. The monoisotopic (exact) mass is 397 g/mol. The Morgan fingerprint density at radius 1 is 0.929 bits per heavy atom. The highest BCUT2D eigenvalue weighted by molar-refractivity contribution is 6.33. The van der Waals surface area contributed by atoms with E-state index in [0.717, 1.165) is 23.3 Å². The predicted octanol–water partition coefficient (Wildman–Crippen LogP) is 4.54. The molecule has 142 valence electrons. The van der Waals surface area contributed by atoms with E-state index in [1.165, 1.54) is 6.07 Å². The van der Waals surface area contributed by atoms with E-state index in [0.29, 0.717) is 0 Å². The number of carbonyl (C=O) groups excluding carboxylic acids is 2. The van der Waals surface area contributed by atoms with E-state index in [1.54, 1.807) is 0 Å². The lowest BCUT2D eigenvalue weighted by molar-refractivity contribution is -0.124. The van der Waals surface area contributed by atoms with Crippen molar-refractivity contribution in [3.8, 4) is 0 Å². The van der Waals surface area contributed by atoms with Crippen molar-refractivity contribution in [1.82, 2.24) is 5.32 Å². The Morgan fingerprint density at radius 2 is 1.50 bits per heavy atom. The van der Waals surface area contributed by atoms with Crippen LogP contribution in [0.25, 0.3) is 0 Å². The van der Waals surface area contributed by atoms with Crippen LogP contribution in [0.5, 0.6) is 0 Å². The first-order valence-electron chi connectivity index (χ1n) is 8.56. The molecule has 1 amide bonds. The molecule has 0 aromatic heterocycles. The normalized spacial score (nSPS) is 10.5. The molecule has 0 saturated carbocycles. The van der Waals surface area contributed by atoms with Gasteiger partial charge < -0.3 is 10.1 Å². The number of nitrogens with one attached hydrogen (secondary N) is 1. The summed E-state index contributed by atoms with van der Waals surface area (Å²) in [5.41, 5.74) is 1.79. The minimum absolute atomic E-state index is 0.00136. The van der Waals surface area contributed by atoms with Crippen LogP contribution < -0.4 is 5.32 Å². The lowest BCUT2D eigenvalue weighted by Crippen LogP contribution is -2.33. The topological polar surface area (TPSA) is 55.4 Å². The van der Waals surface area contributed by atoms with E-state index in [-0.39, 0.29) is 16.6 Å². The van der Waals surface area contributed by atoms with Crippen molar-refractivity contribution < 1.29 is 18.7 Å². The molecule has 0 fully saturated rings. The van der Waals surface area contributed by atoms with Gasteiger partial charge in [0.15, 0.2) is 6.61 Å². The third kappa shape index (κ3) is 4.96. The molecule has 0 spiro atoms. The Kier molecular flexibility index (Phi) is 6.40. The van der Waals surface area contributed by atoms with Gasteiger partial charge in [-0.1, -0.05) is 72.3 Å². The van der Waals surface area contributed by atoms with Gasteiger partial charge in [0.2, 0.25) is 0 Å².